The second kappa shape index (κ2) is 5.88. The molecule has 110 valence electrons. The van der Waals surface area contributed by atoms with Gasteiger partial charge in [0.05, 0.1) is 11.8 Å². The van der Waals surface area contributed by atoms with Crippen LogP contribution in [0.4, 0.5) is 0 Å². The van der Waals surface area contributed by atoms with E-state index < -0.39 is 10.0 Å². The molecule has 1 amide bonds. The summed E-state index contributed by atoms with van der Waals surface area (Å²) in [6.07, 6.45) is 4.44. The highest BCUT2D eigenvalue weighted by Crippen LogP contribution is 2.30. The van der Waals surface area contributed by atoms with Gasteiger partial charge >= 0.3 is 0 Å². The van der Waals surface area contributed by atoms with Gasteiger partial charge in [0.2, 0.25) is 15.9 Å². The molecule has 0 aromatic carbocycles. The lowest BCUT2D eigenvalue weighted by Crippen LogP contribution is -2.31. The number of pyridine rings is 1. The van der Waals surface area contributed by atoms with Crippen molar-refractivity contribution in [3.05, 3.63) is 30.1 Å². The summed E-state index contributed by atoms with van der Waals surface area (Å²) in [6.45, 7) is 2.43. The van der Waals surface area contributed by atoms with Gasteiger partial charge in [0, 0.05) is 31.3 Å². The molecule has 20 heavy (non-hydrogen) atoms. The molecule has 0 spiro atoms. The minimum Gasteiger partial charge on any atom is -0.335 e. The largest absolute Gasteiger partial charge is 0.335 e. The number of primary sulfonamides is 1. The third kappa shape index (κ3) is 3.55. The number of hydrogen-bond donors (Lipinski definition) is 1. The number of nitrogens with two attached hydrogens (primary N) is 1. The molecule has 1 saturated heterocycles. The van der Waals surface area contributed by atoms with E-state index in [4.69, 9.17) is 5.14 Å². The topological polar surface area (TPSA) is 93.4 Å². The summed E-state index contributed by atoms with van der Waals surface area (Å²) in [7, 11) is -3.54. The number of aromatic nitrogens is 1. The van der Waals surface area contributed by atoms with Crippen LogP contribution in [0.5, 0.6) is 0 Å². The van der Waals surface area contributed by atoms with E-state index >= 15 is 0 Å². The summed E-state index contributed by atoms with van der Waals surface area (Å²) in [5, 5.41) is 5.06. The molecule has 0 radical (unpaired) electrons. The van der Waals surface area contributed by atoms with Crippen molar-refractivity contribution in [3.8, 4) is 0 Å². The highest BCUT2D eigenvalue weighted by Gasteiger charge is 2.35. The van der Waals surface area contributed by atoms with Gasteiger partial charge in [-0.2, -0.15) is 0 Å². The van der Waals surface area contributed by atoms with Crippen LogP contribution in [0.1, 0.15) is 31.4 Å². The van der Waals surface area contributed by atoms with Gasteiger partial charge in [-0.25, -0.2) is 13.6 Å². The summed E-state index contributed by atoms with van der Waals surface area (Å²) < 4.78 is 22.3. The van der Waals surface area contributed by atoms with Crippen molar-refractivity contribution >= 4 is 15.9 Å². The normalized spacial score (nSPS) is 21.2. The van der Waals surface area contributed by atoms with Crippen LogP contribution in [-0.4, -0.2) is 36.5 Å². The average molecular weight is 297 g/mol. The molecule has 0 aliphatic carbocycles. The van der Waals surface area contributed by atoms with Crippen molar-refractivity contribution in [2.24, 2.45) is 11.1 Å². The van der Waals surface area contributed by atoms with Crippen LogP contribution in [0.25, 0.3) is 0 Å². The lowest BCUT2D eigenvalue weighted by atomic mass is 10.1. The van der Waals surface area contributed by atoms with Gasteiger partial charge in [-0.15, -0.1) is 0 Å². The molecule has 2 unspecified atom stereocenters. The van der Waals surface area contributed by atoms with Gasteiger partial charge in [0.15, 0.2) is 0 Å². The second-order valence-electron chi connectivity index (χ2n) is 5.16. The number of amides is 1. The minimum absolute atomic E-state index is 0.0191. The molecule has 7 heteroatoms. The highest BCUT2D eigenvalue weighted by molar-refractivity contribution is 7.89. The van der Waals surface area contributed by atoms with Crippen LogP contribution in [0.15, 0.2) is 24.5 Å². The number of carbonyl (C=O) groups excluding carboxylic acids is 1. The summed E-state index contributed by atoms with van der Waals surface area (Å²) in [4.78, 5) is 17.9. The Morgan fingerprint density at radius 1 is 1.55 bits per heavy atom. The van der Waals surface area contributed by atoms with Gasteiger partial charge in [-0.05, 0) is 18.1 Å². The van der Waals surface area contributed by atoms with E-state index in [1.165, 1.54) is 0 Å². The molecule has 1 aromatic rings. The predicted molar refractivity (Wildman–Crippen MR) is 75.1 cm³/mol. The molecule has 1 aliphatic rings. The molecule has 0 bridgehead atoms. The first kappa shape index (κ1) is 14.9. The fourth-order valence-corrected chi connectivity index (χ4v) is 3.64. The maximum atomic E-state index is 12.1. The highest BCUT2D eigenvalue weighted by atomic mass is 32.2. The zero-order chi connectivity index (χ0) is 14.8. The standard InChI is InChI=1S/C13H19N3O3S/c1-2-12(11-4-3-5-15-7-11)16-8-10(6-13(16)17)9-20(14,18)19/h3-5,7,10,12H,2,6,8-9H2,1H3,(H2,14,18,19). The molecule has 1 fully saturated rings. The minimum atomic E-state index is -3.54. The van der Waals surface area contributed by atoms with Gasteiger partial charge in [0.25, 0.3) is 0 Å². The Labute approximate surface area is 119 Å². The van der Waals surface area contributed by atoms with E-state index in [0.29, 0.717) is 6.54 Å². The average Bonchev–Trinajstić information content (AvgIpc) is 2.70. The molecular formula is C13H19N3O3S. The first-order valence-corrected chi connectivity index (χ1v) is 8.32. The zero-order valence-corrected chi connectivity index (χ0v) is 12.2. The van der Waals surface area contributed by atoms with E-state index in [1.54, 1.807) is 17.3 Å². The fourth-order valence-electron chi connectivity index (χ4n) is 2.76. The van der Waals surface area contributed by atoms with E-state index in [1.807, 2.05) is 19.1 Å². The van der Waals surface area contributed by atoms with Crippen molar-refractivity contribution in [3.63, 3.8) is 0 Å². The Kier molecular flexibility index (Phi) is 4.39. The van der Waals surface area contributed by atoms with E-state index in [0.717, 1.165) is 12.0 Å². The first-order chi connectivity index (χ1) is 9.40. The SMILES string of the molecule is CCC(c1cccnc1)N1CC(CS(N)(=O)=O)CC1=O. The number of nitrogens with zero attached hydrogens (tertiary/aromatic N) is 2. The van der Waals surface area contributed by atoms with Crippen LogP contribution in [0, 0.1) is 5.92 Å². The van der Waals surface area contributed by atoms with Crippen LogP contribution >= 0.6 is 0 Å². The Bertz CT molecular complexity index is 574. The van der Waals surface area contributed by atoms with Crippen LogP contribution in [0.3, 0.4) is 0 Å². The Hall–Kier alpha value is -1.47. The summed E-state index contributed by atoms with van der Waals surface area (Å²) >= 11 is 0. The smallest absolute Gasteiger partial charge is 0.223 e. The van der Waals surface area contributed by atoms with Crippen molar-refractivity contribution in [2.45, 2.75) is 25.8 Å². The summed E-state index contributed by atoms with van der Waals surface area (Å²) in [5.74, 6) is -0.379. The van der Waals surface area contributed by atoms with Gasteiger partial charge in [0.1, 0.15) is 0 Å². The maximum Gasteiger partial charge on any atom is 0.223 e. The number of hydrogen-bond acceptors (Lipinski definition) is 4. The molecule has 2 atom stereocenters. The van der Waals surface area contributed by atoms with Crippen LogP contribution in [-0.2, 0) is 14.8 Å². The zero-order valence-electron chi connectivity index (χ0n) is 11.4. The number of carbonyl (C=O) groups is 1. The molecule has 2 rings (SSSR count). The van der Waals surface area contributed by atoms with Gasteiger partial charge in [-0.3, -0.25) is 9.78 Å². The molecule has 6 nitrogen and oxygen atoms in total. The number of rotatable bonds is 5. The quantitative estimate of drug-likeness (QED) is 0.864. The lowest BCUT2D eigenvalue weighted by molar-refractivity contribution is -0.129. The lowest BCUT2D eigenvalue weighted by Gasteiger charge is -2.27. The number of likely N-dealkylation sites (tertiary alicyclic amines) is 1. The third-order valence-corrected chi connectivity index (χ3v) is 4.47. The maximum absolute atomic E-state index is 12.1. The molecule has 2 heterocycles. The van der Waals surface area contributed by atoms with Crippen molar-refractivity contribution in [1.82, 2.24) is 9.88 Å². The Balaban J connectivity index is 2.14. The second-order valence-corrected chi connectivity index (χ2v) is 6.82. The van der Waals surface area contributed by atoms with Crippen LogP contribution < -0.4 is 5.14 Å². The fraction of sp³-hybridized carbons (Fsp3) is 0.538. The van der Waals surface area contributed by atoms with Crippen molar-refractivity contribution in [2.75, 3.05) is 12.3 Å². The van der Waals surface area contributed by atoms with E-state index in [9.17, 15) is 13.2 Å². The van der Waals surface area contributed by atoms with Gasteiger partial charge < -0.3 is 4.90 Å². The molecule has 1 aliphatic heterocycles. The van der Waals surface area contributed by atoms with E-state index in [-0.39, 0.29) is 30.0 Å². The Morgan fingerprint density at radius 2 is 2.30 bits per heavy atom. The molecule has 2 N–H and O–H groups in total. The summed E-state index contributed by atoms with van der Waals surface area (Å²) in [6, 6.07) is 3.71. The molecular weight excluding hydrogens is 278 g/mol. The third-order valence-electron chi connectivity index (χ3n) is 3.54. The van der Waals surface area contributed by atoms with E-state index in [2.05, 4.69) is 4.98 Å². The van der Waals surface area contributed by atoms with Gasteiger partial charge in [-0.1, -0.05) is 13.0 Å². The van der Waals surface area contributed by atoms with Crippen molar-refractivity contribution in [1.29, 1.82) is 0 Å². The molecule has 1 aromatic heterocycles. The predicted octanol–water partition coefficient (Wildman–Crippen LogP) is 0.670. The van der Waals surface area contributed by atoms with Crippen molar-refractivity contribution < 1.29 is 13.2 Å². The summed E-state index contributed by atoms with van der Waals surface area (Å²) in [5.41, 5.74) is 0.972. The first-order valence-electron chi connectivity index (χ1n) is 6.60. The molecule has 0 saturated carbocycles. The van der Waals surface area contributed by atoms with Crippen LogP contribution in [0.2, 0.25) is 0 Å². The Morgan fingerprint density at radius 3 is 2.85 bits per heavy atom. The monoisotopic (exact) mass is 297 g/mol. The number of sulfonamides is 1.